The fraction of sp³-hybridized carbons (Fsp3) is 0.438. The quantitative estimate of drug-likeness (QED) is 0.446. The van der Waals surface area contributed by atoms with Crippen LogP contribution in [-0.4, -0.2) is 50.9 Å². The van der Waals surface area contributed by atoms with E-state index in [1.54, 1.807) is 0 Å². The van der Waals surface area contributed by atoms with Gasteiger partial charge in [0.1, 0.15) is 11.7 Å². The molecule has 0 radical (unpaired) electrons. The minimum Gasteiger partial charge on any atom is -0.454 e. The van der Waals surface area contributed by atoms with Crippen LogP contribution < -0.4 is 5.32 Å². The molecule has 0 unspecified atom stereocenters. The highest BCUT2D eigenvalue weighted by Crippen LogP contribution is 2.47. The van der Waals surface area contributed by atoms with Gasteiger partial charge >= 0.3 is 5.97 Å². The molecule has 1 aromatic rings. The van der Waals surface area contributed by atoms with Crippen molar-refractivity contribution in [2.24, 2.45) is 0 Å². The summed E-state index contributed by atoms with van der Waals surface area (Å²) < 4.78 is 5.03. The van der Waals surface area contributed by atoms with E-state index in [9.17, 15) is 24.5 Å². The highest BCUT2D eigenvalue weighted by atomic mass is 35.5. The van der Waals surface area contributed by atoms with Crippen molar-refractivity contribution in [2.75, 3.05) is 17.7 Å². The van der Waals surface area contributed by atoms with E-state index in [1.165, 1.54) is 34.9 Å². The molecule has 2 aliphatic heterocycles. The van der Waals surface area contributed by atoms with Gasteiger partial charge < -0.3 is 15.0 Å². The lowest BCUT2D eigenvalue weighted by Crippen LogP contribution is -2.47. The van der Waals surface area contributed by atoms with Crippen molar-refractivity contribution in [3.05, 3.63) is 33.3 Å². The molecule has 0 bridgehead atoms. The van der Waals surface area contributed by atoms with Crippen molar-refractivity contribution in [1.82, 2.24) is 4.90 Å². The van der Waals surface area contributed by atoms with Crippen LogP contribution in [0.2, 0.25) is 5.02 Å². The number of halogens is 1. The van der Waals surface area contributed by atoms with Crippen LogP contribution in [0.15, 0.2) is 18.2 Å². The van der Waals surface area contributed by atoms with E-state index in [1.807, 2.05) is 6.92 Å². The third-order valence-corrected chi connectivity index (χ3v) is 6.23. The number of ether oxygens (including phenoxy) is 1. The van der Waals surface area contributed by atoms with Crippen molar-refractivity contribution in [3.63, 3.8) is 0 Å². The number of rotatable bonds is 5. The minimum absolute atomic E-state index is 0.0905. The molecule has 0 aromatic heterocycles. The van der Waals surface area contributed by atoms with E-state index >= 15 is 0 Å². The molecule has 144 valence electrons. The molecule has 2 saturated heterocycles. The molecule has 2 amide bonds. The third-order valence-electron chi connectivity index (χ3n) is 4.49. The summed E-state index contributed by atoms with van der Waals surface area (Å²) in [5.41, 5.74) is -0.419. The molecule has 1 aromatic carbocycles. The van der Waals surface area contributed by atoms with Gasteiger partial charge in [-0.25, -0.2) is 4.79 Å². The van der Waals surface area contributed by atoms with E-state index in [0.717, 1.165) is 0 Å². The number of nitrogens with one attached hydrogen (secondary N) is 1. The van der Waals surface area contributed by atoms with Crippen molar-refractivity contribution < 1.29 is 24.0 Å². The Morgan fingerprint density at radius 2 is 2.26 bits per heavy atom. The van der Waals surface area contributed by atoms with Crippen molar-refractivity contribution >= 4 is 52.5 Å². The summed E-state index contributed by atoms with van der Waals surface area (Å²) in [5.74, 6) is -1.11. The fourth-order valence-electron chi connectivity index (χ4n) is 3.18. The number of nitrogens with zero attached hydrogens (tertiary/aromatic N) is 2. The molecule has 3 rings (SSSR count). The van der Waals surface area contributed by atoms with Gasteiger partial charge in [-0.2, -0.15) is 0 Å². The largest absolute Gasteiger partial charge is 0.454 e. The van der Waals surface area contributed by atoms with E-state index in [-0.39, 0.29) is 22.3 Å². The normalized spacial score (nSPS) is 23.9. The first-order chi connectivity index (χ1) is 12.7. The van der Waals surface area contributed by atoms with Crippen LogP contribution in [0, 0.1) is 10.1 Å². The lowest BCUT2D eigenvalue weighted by Gasteiger charge is -2.29. The number of carbonyl (C=O) groups excluding carboxylic acids is 3. The number of esters is 1. The number of fused-ring (bicyclic) bond motifs is 1. The van der Waals surface area contributed by atoms with Crippen molar-refractivity contribution in [1.29, 1.82) is 0 Å². The number of amides is 2. The fourth-order valence-corrected chi connectivity index (χ4v) is 4.77. The predicted molar refractivity (Wildman–Crippen MR) is 98.4 cm³/mol. The Kier molecular flexibility index (Phi) is 5.29. The summed E-state index contributed by atoms with van der Waals surface area (Å²) in [7, 11) is 0. The van der Waals surface area contributed by atoms with E-state index in [4.69, 9.17) is 16.3 Å². The number of nitro benzene ring substituents is 1. The van der Waals surface area contributed by atoms with Gasteiger partial charge in [0.15, 0.2) is 6.61 Å². The van der Waals surface area contributed by atoms with E-state index < -0.39 is 34.3 Å². The highest BCUT2D eigenvalue weighted by molar-refractivity contribution is 8.01. The first-order valence-electron chi connectivity index (χ1n) is 8.08. The highest BCUT2D eigenvalue weighted by Gasteiger charge is 2.53. The Labute approximate surface area is 163 Å². The van der Waals surface area contributed by atoms with Gasteiger partial charge in [0.05, 0.1) is 9.79 Å². The Bertz CT molecular complexity index is 834. The molecular formula is C16H16ClN3O6S. The summed E-state index contributed by atoms with van der Waals surface area (Å²) in [4.78, 5) is 47.9. The molecule has 0 aliphatic carbocycles. The number of anilines is 1. The van der Waals surface area contributed by atoms with Crippen LogP contribution in [0.4, 0.5) is 11.4 Å². The number of benzene rings is 1. The van der Waals surface area contributed by atoms with Crippen LogP contribution in [0.3, 0.4) is 0 Å². The van der Waals surface area contributed by atoms with Gasteiger partial charge in [-0.05, 0) is 25.5 Å². The third kappa shape index (κ3) is 3.86. The van der Waals surface area contributed by atoms with Crippen molar-refractivity contribution in [3.8, 4) is 0 Å². The number of hydrogen-bond acceptors (Lipinski definition) is 7. The Hall–Kier alpha value is -2.33. The van der Waals surface area contributed by atoms with Gasteiger partial charge in [-0.1, -0.05) is 11.6 Å². The van der Waals surface area contributed by atoms with Crippen molar-refractivity contribution in [2.45, 2.75) is 30.7 Å². The number of thioether (sulfide) groups is 1. The smallest absolute Gasteiger partial charge is 0.330 e. The van der Waals surface area contributed by atoms with Gasteiger partial charge in [0, 0.05) is 23.3 Å². The maximum absolute atomic E-state index is 12.3. The zero-order chi connectivity index (χ0) is 19.8. The number of hydrogen-bond donors (Lipinski definition) is 1. The summed E-state index contributed by atoms with van der Waals surface area (Å²) in [5, 5.41) is 13.5. The molecule has 2 atom stereocenters. The number of carbonyl (C=O) groups is 3. The first-order valence-corrected chi connectivity index (χ1v) is 9.44. The molecular weight excluding hydrogens is 398 g/mol. The van der Waals surface area contributed by atoms with Crippen LogP contribution in [0.1, 0.15) is 19.8 Å². The van der Waals surface area contributed by atoms with Crippen LogP contribution in [-0.2, 0) is 19.1 Å². The minimum atomic E-state index is -0.741. The average molecular weight is 414 g/mol. The summed E-state index contributed by atoms with van der Waals surface area (Å²) in [6.45, 7) is 1.28. The van der Waals surface area contributed by atoms with Crippen LogP contribution in [0.25, 0.3) is 0 Å². The topological polar surface area (TPSA) is 119 Å². The molecule has 2 aliphatic rings. The summed E-state index contributed by atoms with van der Waals surface area (Å²) >= 11 is 7.31. The summed E-state index contributed by atoms with van der Waals surface area (Å²) in [6, 6.07) is 3.00. The van der Waals surface area contributed by atoms with Gasteiger partial charge in [0.25, 0.3) is 11.6 Å². The molecule has 9 nitrogen and oxygen atoms in total. The zero-order valence-corrected chi connectivity index (χ0v) is 15.8. The lowest BCUT2D eigenvalue weighted by molar-refractivity contribution is -0.383. The molecule has 11 heteroatoms. The average Bonchev–Trinajstić information content (AvgIpc) is 3.09. The van der Waals surface area contributed by atoms with E-state index in [2.05, 4.69) is 5.32 Å². The number of nitro groups is 1. The molecule has 27 heavy (non-hydrogen) atoms. The molecule has 1 N–H and O–H groups in total. The second kappa shape index (κ2) is 7.35. The Balaban J connectivity index is 1.60. The molecule has 0 spiro atoms. The Morgan fingerprint density at radius 1 is 1.52 bits per heavy atom. The standard InChI is InChI=1S/C16H16ClN3O6S/c1-16-5-4-14(22)19(16)12(8-27-16)15(23)26-7-13(21)18-10-6-9(17)2-3-11(10)20(24)25/h2-3,6,12H,4-5,7-8H2,1H3,(H,18,21)/t12-,16+/m1/s1. The maximum atomic E-state index is 12.3. The van der Waals surface area contributed by atoms with Gasteiger partial charge in [-0.3, -0.25) is 19.7 Å². The lowest BCUT2D eigenvalue weighted by atomic mass is 10.2. The second-order valence-electron chi connectivity index (χ2n) is 6.34. The van der Waals surface area contributed by atoms with Gasteiger partial charge in [0.2, 0.25) is 5.91 Å². The SMILES string of the molecule is C[C@]12CCC(=O)N1[C@@H](C(=O)OCC(=O)Nc1cc(Cl)ccc1[N+](=O)[O-])CS2. The van der Waals surface area contributed by atoms with Gasteiger partial charge in [-0.15, -0.1) is 11.8 Å². The predicted octanol–water partition coefficient (Wildman–Crippen LogP) is 2.18. The molecule has 2 fully saturated rings. The molecule has 2 heterocycles. The second-order valence-corrected chi connectivity index (χ2v) is 8.28. The zero-order valence-electron chi connectivity index (χ0n) is 14.3. The van der Waals surface area contributed by atoms with Crippen LogP contribution in [0.5, 0.6) is 0 Å². The maximum Gasteiger partial charge on any atom is 0.330 e. The summed E-state index contributed by atoms with van der Waals surface area (Å²) in [6.07, 6.45) is 1.05. The first kappa shape index (κ1) is 19.4. The van der Waals surface area contributed by atoms with Crippen LogP contribution >= 0.6 is 23.4 Å². The Morgan fingerprint density at radius 3 is 2.96 bits per heavy atom. The molecule has 0 saturated carbocycles. The monoisotopic (exact) mass is 413 g/mol. The van der Waals surface area contributed by atoms with E-state index in [0.29, 0.717) is 18.6 Å².